The van der Waals surface area contributed by atoms with E-state index in [9.17, 15) is 19.5 Å². The van der Waals surface area contributed by atoms with E-state index >= 15 is 0 Å². The van der Waals surface area contributed by atoms with Gasteiger partial charge in [0.05, 0.1) is 17.9 Å². The van der Waals surface area contributed by atoms with Crippen molar-refractivity contribution in [2.45, 2.75) is 53.9 Å². The van der Waals surface area contributed by atoms with Gasteiger partial charge in [0.15, 0.2) is 0 Å². The van der Waals surface area contributed by atoms with Crippen molar-refractivity contribution in [2.24, 2.45) is 16.2 Å². The number of methoxy groups -OCH3 is 1. The molecule has 0 saturated heterocycles. The van der Waals surface area contributed by atoms with E-state index < -0.39 is 34.2 Å². The zero-order chi connectivity index (χ0) is 20.8. The summed E-state index contributed by atoms with van der Waals surface area (Å²) in [6.07, 6.45) is 0.572. The first-order valence-electron chi connectivity index (χ1n) is 8.86. The van der Waals surface area contributed by atoms with Crippen LogP contribution in [-0.2, 0) is 23.9 Å². The van der Waals surface area contributed by atoms with Crippen LogP contribution in [0, 0.1) is 16.2 Å². The lowest BCUT2D eigenvalue weighted by Crippen LogP contribution is -2.47. The molecular weight excluding hydrogens is 338 g/mol. The Labute approximate surface area is 157 Å². The van der Waals surface area contributed by atoms with Gasteiger partial charge in [0.25, 0.3) is 0 Å². The third-order valence-corrected chi connectivity index (χ3v) is 4.89. The summed E-state index contributed by atoms with van der Waals surface area (Å²) in [6, 6.07) is 0. The normalized spacial score (nSPS) is 16.5. The molecule has 152 valence electrons. The van der Waals surface area contributed by atoms with Crippen LogP contribution >= 0.6 is 0 Å². The van der Waals surface area contributed by atoms with Gasteiger partial charge in [0.1, 0.15) is 6.61 Å². The summed E-state index contributed by atoms with van der Waals surface area (Å²) in [7, 11) is 5.01. The highest BCUT2D eigenvalue weighted by Gasteiger charge is 2.48. The van der Waals surface area contributed by atoms with Crippen LogP contribution in [-0.4, -0.2) is 57.2 Å². The maximum Gasteiger partial charge on any atom is 0.311 e. The van der Waals surface area contributed by atoms with E-state index in [-0.39, 0.29) is 19.4 Å². The van der Waals surface area contributed by atoms with Crippen LogP contribution in [0.1, 0.15) is 53.9 Å². The van der Waals surface area contributed by atoms with Gasteiger partial charge in [-0.25, -0.2) is 0 Å². The average molecular weight is 372 g/mol. The fraction of sp³-hybridized carbons (Fsp3) is 0.842. The second kappa shape index (κ2) is 9.35. The second-order valence-corrected chi connectivity index (χ2v) is 8.43. The molecule has 0 fully saturated rings. The monoisotopic (exact) mass is 372 g/mol. The summed E-state index contributed by atoms with van der Waals surface area (Å²) in [5, 5.41) is 11.4. The Morgan fingerprint density at radius 1 is 0.962 bits per heavy atom. The number of nitrogens with zero attached hydrogens (tertiary/aromatic N) is 1. The lowest BCUT2D eigenvalue weighted by atomic mass is 9.65. The van der Waals surface area contributed by atoms with Crippen molar-refractivity contribution in [1.82, 2.24) is 4.90 Å². The average Bonchev–Trinajstić information content (AvgIpc) is 2.52. The van der Waals surface area contributed by atoms with Gasteiger partial charge in [-0.1, -0.05) is 20.8 Å². The molecular formula is C19H34NO6-. The van der Waals surface area contributed by atoms with Gasteiger partial charge in [0, 0.05) is 17.9 Å². The minimum Gasteiger partial charge on any atom is -0.550 e. The topological polar surface area (TPSA) is 96.0 Å². The molecule has 0 aliphatic carbocycles. The summed E-state index contributed by atoms with van der Waals surface area (Å²) in [5.41, 5.74) is -3.34. The van der Waals surface area contributed by atoms with Crippen molar-refractivity contribution >= 4 is 17.9 Å². The van der Waals surface area contributed by atoms with Crippen LogP contribution in [0.5, 0.6) is 0 Å². The lowest BCUT2D eigenvalue weighted by Gasteiger charge is -2.40. The molecule has 0 N–H and O–H groups in total. The van der Waals surface area contributed by atoms with Gasteiger partial charge in [-0.15, -0.1) is 0 Å². The van der Waals surface area contributed by atoms with Crippen LogP contribution in [0.3, 0.4) is 0 Å². The molecule has 0 aromatic rings. The third kappa shape index (κ3) is 6.59. The van der Waals surface area contributed by atoms with Crippen LogP contribution in [0.4, 0.5) is 0 Å². The van der Waals surface area contributed by atoms with E-state index in [4.69, 9.17) is 9.47 Å². The molecule has 7 nitrogen and oxygen atoms in total. The number of esters is 2. The first kappa shape index (κ1) is 24.4. The van der Waals surface area contributed by atoms with E-state index in [0.717, 1.165) is 0 Å². The fourth-order valence-corrected chi connectivity index (χ4v) is 3.20. The van der Waals surface area contributed by atoms with Crippen molar-refractivity contribution in [1.29, 1.82) is 0 Å². The van der Waals surface area contributed by atoms with Crippen molar-refractivity contribution in [2.75, 3.05) is 34.4 Å². The number of hydrogen-bond donors (Lipinski definition) is 0. The summed E-state index contributed by atoms with van der Waals surface area (Å²) >= 11 is 0. The maximum absolute atomic E-state index is 12.6. The number of carboxylic acid groups (broad SMARTS) is 1. The number of aliphatic carboxylic acids is 1. The maximum atomic E-state index is 12.6. The molecule has 2 unspecified atom stereocenters. The van der Waals surface area contributed by atoms with Crippen LogP contribution in [0.2, 0.25) is 0 Å². The lowest BCUT2D eigenvalue weighted by molar-refractivity contribution is -0.318. The van der Waals surface area contributed by atoms with Crippen LogP contribution < -0.4 is 5.11 Å². The number of likely N-dealkylation sites (N-methyl/N-ethyl adjacent to an activating group) is 1. The molecule has 0 aliphatic rings. The van der Waals surface area contributed by atoms with Crippen molar-refractivity contribution in [3.8, 4) is 0 Å². The second-order valence-electron chi connectivity index (χ2n) is 8.43. The molecule has 0 heterocycles. The van der Waals surface area contributed by atoms with E-state index in [1.165, 1.54) is 21.0 Å². The number of carbonyl (C=O) groups excluding carboxylic acids is 3. The fourth-order valence-electron chi connectivity index (χ4n) is 3.20. The highest BCUT2D eigenvalue weighted by atomic mass is 16.5. The molecule has 7 heteroatoms. The molecule has 0 radical (unpaired) electrons. The summed E-state index contributed by atoms with van der Waals surface area (Å²) < 4.78 is 10.3. The Morgan fingerprint density at radius 2 is 1.50 bits per heavy atom. The van der Waals surface area contributed by atoms with Crippen molar-refractivity contribution in [3.63, 3.8) is 0 Å². The minimum atomic E-state index is -1.25. The SMILES string of the molecule is CCC(C)(CC(C)(CC(C)(C)C(=O)[O-])C(=O)OC)C(=O)OCCN(C)C. The third-order valence-electron chi connectivity index (χ3n) is 4.89. The molecule has 0 amide bonds. The summed E-state index contributed by atoms with van der Waals surface area (Å²) in [4.78, 5) is 38.4. The largest absolute Gasteiger partial charge is 0.550 e. The van der Waals surface area contributed by atoms with Gasteiger partial charge in [-0.05, 0) is 47.2 Å². The van der Waals surface area contributed by atoms with E-state index in [1.54, 1.807) is 13.8 Å². The Bertz CT molecular complexity index is 516. The zero-order valence-electron chi connectivity index (χ0n) is 17.4. The Hall–Kier alpha value is -1.63. The van der Waals surface area contributed by atoms with E-state index in [0.29, 0.717) is 13.0 Å². The number of hydrogen-bond acceptors (Lipinski definition) is 7. The Kier molecular flexibility index (Phi) is 8.76. The quantitative estimate of drug-likeness (QED) is 0.504. The van der Waals surface area contributed by atoms with Gasteiger partial charge in [-0.3, -0.25) is 9.59 Å². The predicted molar refractivity (Wildman–Crippen MR) is 96.1 cm³/mol. The number of ether oxygens (including phenoxy) is 2. The molecule has 0 saturated carbocycles. The van der Waals surface area contributed by atoms with Crippen LogP contribution in [0.25, 0.3) is 0 Å². The first-order chi connectivity index (χ1) is 11.7. The highest BCUT2D eigenvalue weighted by Crippen LogP contribution is 2.45. The van der Waals surface area contributed by atoms with E-state index in [2.05, 4.69) is 0 Å². The zero-order valence-corrected chi connectivity index (χ0v) is 17.4. The standard InChI is InChI=1S/C19H35NO6/c1-9-18(4,16(24)26-11-10-20(6)7)13-19(5,15(23)25-8)12-17(2,3)14(21)22/h9-13H2,1-8H3,(H,21,22)/p-1. The summed E-state index contributed by atoms with van der Waals surface area (Å²) in [5.74, 6) is -2.20. The smallest absolute Gasteiger partial charge is 0.311 e. The number of carbonyl (C=O) groups is 3. The van der Waals surface area contributed by atoms with Gasteiger partial charge in [0.2, 0.25) is 0 Å². The number of carboxylic acids is 1. The van der Waals surface area contributed by atoms with Crippen molar-refractivity contribution in [3.05, 3.63) is 0 Å². The summed E-state index contributed by atoms with van der Waals surface area (Å²) in [6.45, 7) is 9.06. The molecule has 26 heavy (non-hydrogen) atoms. The van der Waals surface area contributed by atoms with E-state index in [1.807, 2.05) is 25.9 Å². The molecule has 0 bridgehead atoms. The van der Waals surface area contributed by atoms with Gasteiger partial charge in [-0.2, -0.15) is 0 Å². The molecule has 0 rings (SSSR count). The van der Waals surface area contributed by atoms with Crippen molar-refractivity contribution < 1.29 is 29.0 Å². The first-order valence-corrected chi connectivity index (χ1v) is 8.86. The van der Waals surface area contributed by atoms with Gasteiger partial charge < -0.3 is 24.3 Å². The molecule has 0 aliphatic heterocycles. The number of rotatable bonds is 11. The predicted octanol–water partition coefficient (Wildman–Crippen LogP) is 1.24. The molecule has 0 aromatic carbocycles. The van der Waals surface area contributed by atoms with Gasteiger partial charge >= 0.3 is 11.9 Å². The van der Waals surface area contributed by atoms with Crippen LogP contribution in [0.15, 0.2) is 0 Å². The minimum absolute atomic E-state index is 0.00439. The molecule has 0 aromatic heterocycles. The Morgan fingerprint density at radius 3 is 1.88 bits per heavy atom. The Balaban J connectivity index is 5.52. The molecule has 2 atom stereocenters. The molecule has 0 spiro atoms. The highest BCUT2D eigenvalue weighted by molar-refractivity contribution is 5.81.